The number of aliphatic hydroxyl groups excluding tert-OH is 1. The van der Waals surface area contributed by atoms with Gasteiger partial charge in [-0.25, -0.2) is 13.8 Å². The van der Waals surface area contributed by atoms with E-state index in [1.165, 1.54) is 34.1 Å². The molecule has 3 fully saturated rings. The molecule has 2 heterocycles. The Bertz CT molecular complexity index is 1550. The van der Waals surface area contributed by atoms with E-state index in [1.54, 1.807) is 19.2 Å². The lowest BCUT2D eigenvalue weighted by Gasteiger charge is -2.60. The second kappa shape index (κ2) is 9.31. The minimum atomic E-state index is -1.49. The number of fused-ring (bicyclic) bond motifs is 6. The van der Waals surface area contributed by atoms with Crippen molar-refractivity contribution in [3.63, 3.8) is 0 Å². The highest BCUT2D eigenvalue weighted by Crippen LogP contribution is 2.67. The van der Waals surface area contributed by atoms with Crippen molar-refractivity contribution in [3.05, 3.63) is 53.1 Å². The van der Waals surface area contributed by atoms with Crippen LogP contribution < -0.4 is 0 Å². The molecular formula is C30H35FN6O3S. The fraction of sp³-hybridized carbons (Fsp3) is 0.567. The molecule has 9 nitrogen and oxygen atoms in total. The standard InChI is InChI=1S/C30H35FN6O3S/c1-28-13-17-15-32-37(20-7-5-19(31)6-8-20)23(17)12-18(28)4-9-21-22-10-11-30(40,29(22,2)14-24(38)26(21)28)25(39)16-41-27-33-34-35-36(27)3/h5-8,12,15,21-22,24,26,38,40H,4,9-11,13-14,16H2,1-3H3. The number of rotatable bonds is 5. The van der Waals surface area contributed by atoms with Crippen LogP contribution in [-0.4, -0.2) is 63.4 Å². The molecule has 7 unspecified atom stereocenters. The topological polar surface area (TPSA) is 119 Å². The van der Waals surface area contributed by atoms with Gasteiger partial charge in [-0.1, -0.05) is 31.2 Å². The maximum absolute atomic E-state index is 13.6. The minimum Gasteiger partial charge on any atom is -0.393 e. The highest BCUT2D eigenvalue weighted by atomic mass is 32.2. The third kappa shape index (κ3) is 3.84. The Hall–Kier alpha value is -2.89. The van der Waals surface area contributed by atoms with Crippen molar-refractivity contribution in [1.29, 1.82) is 0 Å². The molecule has 11 heteroatoms. The lowest BCUT2D eigenvalue weighted by Crippen LogP contribution is -2.62. The van der Waals surface area contributed by atoms with Gasteiger partial charge in [0, 0.05) is 12.5 Å². The number of hydrogen-bond acceptors (Lipinski definition) is 8. The van der Waals surface area contributed by atoms with Gasteiger partial charge in [0.2, 0.25) is 5.16 Å². The number of halogens is 1. The summed E-state index contributed by atoms with van der Waals surface area (Å²) in [7, 11) is 1.72. The zero-order chi connectivity index (χ0) is 28.7. The van der Waals surface area contributed by atoms with Crippen molar-refractivity contribution >= 4 is 23.6 Å². The van der Waals surface area contributed by atoms with Crippen molar-refractivity contribution in [2.75, 3.05) is 5.75 Å². The number of benzene rings is 1. The van der Waals surface area contributed by atoms with Crippen molar-refractivity contribution < 1.29 is 19.4 Å². The maximum atomic E-state index is 13.6. The second-order valence-corrected chi connectivity index (χ2v) is 13.9. The Morgan fingerprint density at radius 1 is 1.22 bits per heavy atom. The van der Waals surface area contributed by atoms with E-state index in [-0.39, 0.29) is 40.5 Å². The molecule has 0 amide bonds. The number of aryl methyl sites for hydroxylation is 1. The number of aromatic nitrogens is 6. The molecule has 0 aliphatic heterocycles. The monoisotopic (exact) mass is 578 g/mol. The van der Waals surface area contributed by atoms with Gasteiger partial charge in [0.15, 0.2) is 5.78 Å². The quantitative estimate of drug-likeness (QED) is 0.439. The summed E-state index contributed by atoms with van der Waals surface area (Å²) in [6.45, 7) is 4.30. The number of aliphatic hydroxyl groups is 2. The average Bonchev–Trinajstić information content (AvgIpc) is 3.61. The van der Waals surface area contributed by atoms with Crippen LogP contribution in [0.2, 0.25) is 0 Å². The van der Waals surface area contributed by atoms with E-state index in [0.717, 1.165) is 42.6 Å². The van der Waals surface area contributed by atoms with E-state index in [0.29, 0.717) is 18.0 Å². The van der Waals surface area contributed by atoms with E-state index < -0.39 is 17.1 Å². The molecule has 3 saturated carbocycles. The minimum absolute atomic E-state index is 0.0273. The molecule has 41 heavy (non-hydrogen) atoms. The lowest BCUT2D eigenvalue weighted by atomic mass is 9.45. The number of carbonyl (C=O) groups excluding carboxylic acids is 1. The summed E-state index contributed by atoms with van der Waals surface area (Å²) in [5.41, 5.74) is 1.84. The van der Waals surface area contributed by atoms with Crippen LogP contribution in [0.5, 0.6) is 0 Å². The Balaban J connectivity index is 1.16. The van der Waals surface area contributed by atoms with Crippen LogP contribution in [0.15, 0.2) is 41.2 Å². The Morgan fingerprint density at radius 2 is 2.00 bits per heavy atom. The first-order chi connectivity index (χ1) is 19.5. The fourth-order valence-electron chi connectivity index (χ4n) is 9.03. The maximum Gasteiger partial charge on any atom is 0.209 e. The summed E-state index contributed by atoms with van der Waals surface area (Å²) >= 11 is 1.24. The Labute approximate surface area is 242 Å². The molecule has 0 spiro atoms. The van der Waals surface area contributed by atoms with E-state index >= 15 is 0 Å². The Kier molecular flexibility index (Phi) is 6.12. The van der Waals surface area contributed by atoms with Gasteiger partial charge in [-0.05, 0) is 108 Å². The normalized spacial score (nSPS) is 35.7. The third-order valence-electron chi connectivity index (χ3n) is 11.0. The number of thioether (sulfide) groups is 1. The van der Waals surface area contributed by atoms with Crippen LogP contribution in [0.1, 0.15) is 57.2 Å². The summed E-state index contributed by atoms with van der Waals surface area (Å²) < 4.78 is 16.9. The number of Topliss-reactive ketones (excluding diaryl/α,β-unsaturated/α-hetero) is 1. The van der Waals surface area contributed by atoms with Gasteiger partial charge in [0.05, 0.1) is 29.4 Å². The highest BCUT2D eigenvalue weighted by Gasteiger charge is 2.68. The van der Waals surface area contributed by atoms with Crippen LogP contribution in [0.25, 0.3) is 11.8 Å². The predicted molar refractivity (Wildman–Crippen MR) is 150 cm³/mol. The molecule has 2 N–H and O–H groups in total. The van der Waals surface area contributed by atoms with Gasteiger partial charge >= 0.3 is 0 Å². The van der Waals surface area contributed by atoms with Crippen molar-refractivity contribution in [2.24, 2.45) is 35.6 Å². The summed E-state index contributed by atoms with van der Waals surface area (Å²) in [6.07, 6.45) is 7.64. The second-order valence-electron chi connectivity index (χ2n) is 12.9. The van der Waals surface area contributed by atoms with Gasteiger partial charge in [0.25, 0.3) is 0 Å². The molecule has 4 aliphatic carbocycles. The van der Waals surface area contributed by atoms with Crippen molar-refractivity contribution in [3.8, 4) is 5.69 Å². The molecule has 0 radical (unpaired) electrons. The number of tetrazole rings is 1. The van der Waals surface area contributed by atoms with Gasteiger partial charge in [0.1, 0.15) is 11.4 Å². The van der Waals surface area contributed by atoms with Crippen molar-refractivity contribution in [1.82, 2.24) is 30.0 Å². The van der Waals surface area contributed by atoms with E-state index in [4.69, 9.17) is 0 Å². The van der Waals surface area contributed by atoms with Crippen LogP contribution in [0, 0.1) is 34.4 Å². The van der Waals surface area contributed by atoms with Crippen LogP contribution >= 0.6 is 11.8 Å². The number of ketones is 1. The number of carbonyl (C=O) groups is 1. The predicted octanol–water partition coefficient (Wildman–Crippen LogP) is 3.78. The van der Waals surface area contributed by atoms with E-state index in [9.17, 15) is 19.4 Å². The molecule has 0 saturated heterocycles. The lowest BCUT2D eigenvalue weighted by molar-refractivity contribution is -0.177. The summed E-state index contributed by atoms with van der Waals surface area (Å²) in [4.78, 5) is 13.6. The molecule has 2 aromatic heterocycles. The number of allylic oxidation sites excluding steroid dienone is 1. The Morgan fingerprint density at radius 3 is 2.73 bits per heavy atom. The van der Waals surface area contributed by atoms with Gasteiger partial charge in [-0.2, -0.15) is 5.10 Å². The molecule has 7 atom stereocenters. The fourth-order valence-corrected chi connectivity index (χ4v) is 9.85. The first-order valence-corrected chi connectivity index (χ1v) is 15.4. The summed E-state index contributed by atoms with van der Waals surface area (Å²) in [5.74, 6) is -0.0223. The largest absolute Gasteiger partial charge is 0.393 e. The van der Waals surface area contributed by atoms with Crippen LogP contribution in [-0.2, 0) is 18.3 Å². The molecule has 4 aliphatic rings. The zero-order valence-corrected chi connectivity index (χ0v) is 24.3. The van der Waals surface area contributed by atoms with E-state index in [2.05, 4.69) is 33.6 Å². The summed E-state index contributed by atoms with van der Waals surface area (Å²) in [6, 6.07) is 6.37. The number of nitrogens with zero attached hydrogens (tertiary/aromatic N) is 6. The summed E-state index contributed by atoms with van der Waals surface area (Å²) in [5, 5.41) is 40.5. The smallest absolute Gasteiger partial charge is 0.209 e. The third-order valence-corrected chi connectivity index (χ3v) is 12.0. The van der Waals surface area contributed by atoms with Crippen LogP contribution in [0.4, 0.5) is 4.39 Å². The molecule has 7 rings (SSSR count). The first-order valence-electron chi connectivity index (χ1n) is 14.4. The molecule has 216 valence electrons. The molecule has 0 bridgehead atoms. The molecule has 1 aromatic carbocycles. The zero-order valence-electron chi connectivity index (χ0n) is 23.5. The SMILES string of the molecule is Cn1nnnc1SCC(=O)C1(O)CCC2C3CCC4=Cc5c(cnn5-c5ccc(F)cc5)CC4(C)C3C(O)CC21C. The average molecular weight is 579 g/mol. The first kappa shape index (κ1) is 27.0. The molecule has 3 aromatic rings. The number of hydrogen-bond donors (Lipinski definition) is 2. The molecular weight excluding hydrogens is 543 g/mol. The highest BCUT2D eigenvalue weighted by molar-refractivity contribution is 7.99. The van der Waals surface area contributed by atoms with E-state index in [1.807, 2.05) is 17.8 Å². The van der Waals surface area contributed by atoms with Gasteiger partial charge < -0.3 is 10.2 Å². The van der Waals surface area contributed by atoms with Crippen molar-refractivity contribution in [2.45, 2.75) is 69.2 Å². The van der Waals surface area contributed by atoms with Gasteiger partial charge in [-0.3, -0.25) is 4.79 Å². The van der Waals surface area contributed by atoms with Crippen LogP contribution in [0.3, 0.4) is 0 Å². The van der Waals surface area contributed by atoms with Gasteiger partial charge in [-0.15, -0.1) is 5.10 Å².